The van der Waals surface area contributed by atoms with Crippen molar-refractivity contribution in [3.8, 4) is 0 Å². The summed E-state index contributed by atoms with van der Waals surface area (Å²) >= 11 is 1.45. The Morgan fingerprint density at radius 2 is 1.97 bits per heavy atom. The first-order valence-electron chi connectivity index (χ1n) is 10.3. The standard InChI is InChI=1S/C22H27FN4O2S/c1-2-29-22(28)21(16-6-4-3-5-7-16)27-12-10-26(11-13-27)20-9-8-17(14-18(20)23)19-15-24-30-25-19/h3-9,14,19,21,24-25H,2,10-13,15H2,1H3. The molecule has 160 valence electrons. The third-order valence-corrected chi connectivity index (χ3v) is 6.29. The second-order valence-electron chi connectivity index (χ2n) is 7.42. The van der Waals surface area contributed by atoms with Gasteiger partial charge in [-0.25, -0.2) is 18.6 Å². The summed E-state index contributed by atoms with van der Waals surface area (Å²) < 4.78 is 26.6. The molecule has 30 heavy (non-hydrogen) atoms. The molecule has 0 saturated carbocycles. The van der Waals surface area contributed by atoms with Gasteiger partial charge in [-0.15, -0.1) is 0 Å². The first-order chi connectivity index (χ1) is 14.7. The Labute approximate surface area is 181 Å². The average Bonchev–Trinajstić information content (AvgIpc) is 3.31. The highest BCUT2D eigenvalue weighted by Gasteiger charge is 2.32. The van der Waals surface area contributed by atoms with Gasteiger partial charge in [0.15, 0.2) is 0 Å². The van der Waals surface area contributed by atoms with Gasteiger partial charge in [0.2, 0.25) is 0 Å². The highest BCUT2D eigenvalue weighted by molar-refractivity contribution is 7.95. The van der Waals surface area contributed by atoms with Crippen molar-refractivity contribution >= 4 is 23.8 Å². The molecule has 6 nitrogen and oxygen atoms in total. The summed E-state index contributed by atoms with van der Waals surface area (Å²) in [6.45, 7) is 5.56. The molecule has 2 N–H and O–H groups in total. The molecule has 0 spiro atoms. The number of rotatable bonds is 6. The number of halogens is 1. The Morgan fingerprint density at radius 1 is 1.20 bits per heavy atom. The fraction of sp³-hybridized carbons (Fsp3) is 0.409. The monoisotopic (exact) mass is 430 g/mol. The summed E-state index contributed by atoms with van der Waals surface area (Å²) in [5, 5.41) is 0. The number of anilines is 1. The largest absolute Gasteiger partial charge is 0.465 e. The summed E-state index contributed by atoms with van der Waals surface area (Å²) in [4.78, 5) is 16.8. The van der Waals surface area contributed by atoms with Crippen LogP contribution in [0, 0.1) is 5.82 Å². The summed E-state index contributed by atoms with van der Waals surface area (Å²) in [6.07, 6.45) is 0. The maximum absolute atomic E-state index is 14.9. The van der Waals surface area contributed by atoms with Crippen LogP contribution in [-0.4, -0.2) is 50.2 Å². The third-order valence-electron chi connectivity index (χ3n) is 5.58. The molecular weight excluding hydrogens is 403 g/mol. The third kappa shape index (κ3) is 4.62. The summed E-state index contributed by atoms with van der Waals surface area (Å²) in [6, 6.07) is 14.9. The van der Waals surface area contributed by atoms with E-state index in [1.807, 2.05) is 49.4 Å². The number of piperazine rings is 1. The highest BCUT2D eigenvalue weighted by Crippen LogP contribution is 2.29. The molecule has 0 bridgehead atoms. The van der Waals surface area contributed by atoms with Gasteiger partial charge in [-0.1, -0.05) is 36.4 Å². The van der Waals surface area contributed by atoms with Crippen LogP contribution >= 0.6 is 12.1 Å². The van der Waals surface area contributed by atoms with Crippen LogP contribution in [0.3, 0.4) is 0 Å². The van der Waals surface area contributed by atoms with Crippen LogP contribution in [-0.2, 0) is 9.53 Å². The van der Waals surface area contributed by atoms with Gasteiger partial charge in [0.05, 0.1) is 18.3 Å². The minimum absolute atomic E-state index is 0.117. The fourth-order valence-corrected chi connectivity index (χ4v) is 4.73. The van der Waals surface area contributed by atoms with E-state index < -0.39 is 6.04 Å². The minimum Gasteiger partial charge on any atom is -0.465 e. The summed E-state index contributed by atoms with van der Waals surface area (Å²) in [5.74, 6) is -0.437. The molecule has 2 aliphatic rings. The van der Waals surface area contributed by atoms with Gasteiger partial charge in [-0.3, -0.25) is 4.90 Å². The maximum Gasteiger partial charge on any atom is 0.328 e. The Bertz CT molecular complexity index is 855. The van der Waals surface area contributed by atoms with Crippen molar-refractivity contribution in [1.82, 2.24) is 14.3 Å². The smallest absolute Gasteiger partial charge is 0.328 e. The lowest BCUT2D eigenvalue weighted by atomic mass is 10.0. The average molecular weight is 431 g/mol. The molecule has 2 aliphatic heterocycles. The van der Waals surface area contributed by atoms with Gasteiger partial charge in [-0.05, 0) is 30.2 Å². The van der Waals surface area contributed by atoms with E-state index in [1.165, 1.54) is 12.1 Å². The van der Waals surface area contributed by atoms with E-state index in [4.69, 9.17) is 4.74 Å². The molecule has 2 aromatic rings. The number of hydrogen-bond acceptors (Lipinski definition) is 7. The van der Waals surface area contributed by atoms with Gasteiger partial charge in [-0.2, -0.15) is 0 Å². The maximum atomic E-state index is 14.9. The minimum atomic E-state index is -0.432. The molecule has 0 aliphatic carbocycles. The number of benzene rings is 2. The van der Waals surface area contributed by atoms with Crippen LogP contribution in [0.15, 0.2) is 48.5 Å². The second-order valence-corrected chi connectivity index (χ2v) is 8.15. The summed E-state index contributed by atoms with van der Waals surface area (Å²) in [7, 11) is 0. The Morgan fingerprint density at radius 3 is 2.60 bits per heavy atom. The molecular formula is C22H27FN4O2S. The summed E-state index contributed by atoms with van der Waals surface area (Å²) in [5.41, 5.74) is 2.48. The first-order valence-corrected chi connectivity index (χ1v) is 11.1. The van der Waals surface area contributed by atoms with E-state index in [9.17, 15) is 9.18 Å². The number of nitrogens with zero attached hydrogens (tertiary/aromatic N) is 2. The fourth-order valence-electron chi connectivity index (χ4n) is 4.04. The number of ether oxygens (including phenoxy) is 1. The van der Waals surface area contributed by atoms with E-state index in [0.717, 1.165) is 17.7 Å². The highest BCUT2D eigenvalue weighted by atomic mass is 32.2. The van der Waals surface area contributed by atoms with Crippen LogP contribution in [0.25, 0.3) is 0 Å². The van der Waals surface area contributed by atoms with Gasteiger partial charge in [0.1, 0.15) is 11.9 Å². The Hall–Kier alpha value is -2.13. The zero-order chi connectivity index (χ0) is 20.9. The van der Waals surface area contributed by atoms with Crippen molar-refractivity contribution in [2.75, 3.05) is 44.2 Å². The van der Waals surface area contributed by atoms with Crippen molar-refractivity contribution in [3.63, 3.8) is 0 Å². The molecule has 2 heterocycles. The van der Waals surface area contributed by atoms with Crippen LogP contribution in [0.4, 0.5) is 10.1 Å². The SMILES string of the molecule is CCOC(=O)C(c1ccccc1)N1CCN(c2ccc(C3CNSN3)cc2F)CC1. The van der Waals surface area contributed by atoms with Gasteiger partial charge in [0.25, 0.3) is 0 Å². The zero-order valence-corrected chi connectivity index (χ0v) is 17.8. The molecule has 0 aromatic heterocycles. The number of carbonyl (C=O) groups excluding carboxylic acids is 1. The predicted molar refractivity (Wildman–Crippen MR) is 117 cm³/mol. The zero-order valence-electron chi connectivity index (χ0n) is 17.0. The van der Waals surface area contributed by atoms with Crippen molar-refractivity contribution in [2.45, 2.75) is 19.0 Å². The molecule has 0 amide bonds. The molecule has 8 heteroatoms. The number of esters is 1. The Balaban J connectivity index is 1.45. The Kier molecular flexibility index (Phi) is 6.89. The lowest BCUT2D eigenvalue weighted by molar-refractivity contribution is -0.150. The van der Waals surface area contributed by atoms with Gasteiger partial charge < -0.3 is 9.64 Å². The molecule has 0 radical (unpaired) electrons. The van der Waals surface area contributed by atoms with Gasteiger partial charge in [0, 0.05) is 44.9 Å². The van der Waals surface area contributed by atoms with Crippen molar-refractivity contribution in [3.05, 3.63) is 65.5 Å². The molecule has 4 rings (SSSR count). The number of hydrogen-bond donors (Lipinski definition) is 2. The van der Waals surface area contributed by atoms with E-state index in [2.05, 4.69) is 19.2 Å². The predicted octanol–water partition coefficient (Wildman–Crippen LogP) is 3.05. The second kappa shape index (κ2) is 9.78. The van der Waals surface area contributed by atoms with E-state index >= 15 is 0 Å². The van der Waals surface area contributed by atoms with Crippen molar-refractivity contribution < 1.29 is 13.9 Å². The van der Waals surface area contributed by atoms with E-state index in [-0.39, 0.29) is 17.8 Å². The quantitative estimate of drug-likeness (QED) is 0.540. The van der Waals surface area contributed by atoms with Crippen LogP contribution < -0.4 is 14.3 Å². The molecule has 2 saturated heterocycles. The molecule has 2 aromatic carbocycles. The molecule has 2 atom stereocenters. The molecule has 2 fully saturated rings. The van der Waals surface area contributed by atoms with Crippen LogP contribution in [0.1, 0.15) is 30.1 Å². The lowest BCUT2D eigenvalue weighted by Gasteiger charge is -2.39. The number of nitrogens with one attached hydrogen (secondary N) is 2. The van der Waals surface area contributed by atoms with Gasteiger partial charge >= 0.3 is 5.97 Å². The van der Waals surface area contributed by atoms with Crippen LogP contribution in [0.5, 0.6) is 0 Å². The number of carbonyl (C=O) groups is 1. The van der Waals surface area contributed by atoms with Crippen molar-refractivity contribution in [2.24, 2.45) is 0 Å². The first kappa shape index (κ1) is 21.1. The normalized spacial score (nSPS) is 20.9. The van der Waals surface area contributed by atoms with Crippen LogP contribution in [0.2, 0.25) is 0 Å². The topological polar surface area (TPSA) is 56.8 Å². The molecule has 2 unspecified atom stereocenters. The van der Waals surface area contributed by atoms with E-state index in [0.29, 0.717) is 38.5 Å². The lowest BCUT2D eigenvalue weighted by Crippen LogP contribution is -2.49. The van der Waals surface area contributed by atoms with Crippen molar-refractivity contribution in [1.29, 1.82) is 0 Å². The van der Waals surface area contributed by atoms with E-state index in [1.54, 1.807) is 6.07 Å².